The van der Waals surface area contributed by atoms with E-state index in [-0.39, 0.29) is 0 Å². The molecule has 0 bridgehead atoms. The van der Waals surface area contributed by atoms with Crippen molar-refractivity contribution in [2.45, 2.75) is 0 Å². The van der Waals surface area contributed by atoms with Gasteiger partial charge in [0.15, 0.2) is 0 Å². The van der Waals surface area contributed by atoms with Crippen LogP contribution >= 0.6 is 0 Å². The quantitative estimate of drug-likeness (QED) is 0.127. The molecule has 0 fully saturated rings. The van der Waals surface area contributed by atoms with Crippen LogP contribution in [0.2, 0.25) is 0 Å². The van der Waals surface area contributed by atoms with E-state index >= 15 is 0 Å². The first-order chi connectivity index (χ1) is 26.3. The third-order valence-corrected chi connectivity index (χ3v) is 11.1. The number of benzene rings is 10. The van der Waals surface area contributed by atoms with E-state index in [2.05, 4.69) is 205 Å². The Bertz CT molecular complexity index is 3060. The topological polar surface area (TPSA) is 4.93 Å². The predicted octanol–water partition coefficient (Wildman–Crippen LogP) is 14.3. The van der Waals surface area contributed by atoms with Crippen LogP contribution in [0.3, 0.4) is 0 Å². The lowest BCUT2D eigenvalue weighted by molar-refractivity contribution is 1.10. The fourth-order valence-corrected chi connectivity index (χ4v) is 8.85. The maximum absolute atomic E-state index is 2.44. The summed E-state index contributed by atoms with van der Waals surface area (Å²) in [5.41, 5.74) is 10.8. The second kappa shape index (κ2) is 11.8. The molecule has 0 aliphatic carbocycles. The Morgan fingerprint density at radius 3 is 1.42 bits per heavy atom. The molecular formula is C52H33N. The Hall–Kier alpha value is -6.96. The van der Waals surface area contributed by atoms with Gasteiger partial charge in [-0.05, 0) is 112 Å². The summed E-state index contributed by atoms with van der Waals surface area (Å²) in [5, 5.41) is 12.8. The van der Waals surface area contributed by atoms with Gasteiger partial charge in [0.2, 0.25) is 0 Å². The molecule has 0 saturated heterocycles. The van der Waals surface area contributed by atoms with Crippen molar-refractivity contribution in [3.05, 3.63) is 200 Å². The first-order valence-electron chi connectivity index (χ1n) is 18.4. The van der Waals surface area contributed by atoms with Gasteiger partial charge in [0.05, 0.1) is 11.4 Å². The number of nitrogens with zero attached hydrogens (tertiary/aromatic N) is 1. The molecule has 1 aromatic heterocycles. The Balaban J connectivity index is 1.29. The summed E-state index contributed by atoms with van der Waals surface area (Å²) in [7, 11) is 0. The maximum atomic E-state index is 2.44. The van der Waals surface area contributed by atoms with Crippen LogP contribution in [0, 0.1) is 0 Å². The average Bonchev–Trinajstić information content (AvgIpc) is 3.68. The monoisotopic (exact) mass is 671 g/mol. The van der Waals surface area contributed by atoms with E-state index in [1.807, 2.05) is 0 Å². The van der Waals surface area contributed by atoms with Crippen molar-refractivity contribution in [1.29, 1.82) is 0 Å². The first kappa shape index (κ1) is 29.7. The van der Waals surface area contributed by atoms with E-state index in [0.29, 0.717) is 0 Å². The summed E-state index contributed by atoms with van der Waals surface area (Å²) >= 11 is 0. The highest BCUT2D eigenvalue weighted by Gasteiger charge is 2.21. The molecule has 53 heavy (non-hydrogen) atoms. The minimum Gasteiger partial charge on any atom is -0.309 e. The molecule has 11 rings (SSSR count). The second-order valence-corrected chi connectivity index (χ2v) is 14.0. The molecule has 246 valence electrons. The zero-order valence-electron chi connectivity index (χ0n) is 29.0. The van der Waals surface area contributed by atoms with E-state index in [4.69, 9.17) is 0 Å². The Morgan fingerprint density at radius 1 is 0.283 bits per heavy atom. The Kier molecular flexibility index (Phi) is 6.62. The molecule has 0 atom stereocenters. The molecule has 1 heteroatoms. The third kappa shape index (κ3) is 4.58. The number of hydrogen-bond acceptors (Lipinski definition) is 0. The van der Waals surface area contributed by atoms with Crippen molar-refractivity contribution in [3.63, 3.8) is 0 Å². The van der Waals surface area contributed by atoms with Crippen LogP contribution in [-0.4, -0.2) is 4.57 Å². The van der Waals surface area contributed by atoms with Crippen molar-refractivity contribution >= 4 is 53.9 Å². The third-order valence-electron chi connectivity index (χ3n) is 11.1. The minimum atomic E-state index is 1.13. The number of hydrogen-bond donors (Lipinski definition) is 0. The highest BCUT2D eigenvalue weighted by Crippen LogP contribution is 2.48. The summed E-state index contributed by atoms with van der Waals surface area (Å²) in [5.74, 6) is 0. The SMILES string of the molecule is c1ccc(-c2c3ccccc3c(-c3ccc4ccc5cccc6ccc3c4c56)c3cc(-n4c(-c5ccccc5)ccc4-c4ccccc4)ccc23)cc1. The van der Waals surface area contributed by atoms with Gasteiger partial charge in [-0.15, -0.1) is 0 Å². The molecule has 0 spiro atoms. The largest absolute Gasteiger partial charge is 0.309 e. The Labute approximate surface area is 308 Å². The normalized spacial score (nSPS) is 11.8. The van der Waals surface area contributed by atoms with Crippen LogP contribution in [0.1, 0.15) is 0 Å². The Morgan fingerprint density at radius 2 is 0.774 bits per heavy atom. The van der Waals surface area contributed by atoms with Gasteiger partial charge in [-0.2, -0.15) is 0 Å². The number of aromatic nitrogens is 1. The van der Waals surface area contributed by atoms with Gasteiger partial charge in [0, 0.05) is 5.69 Å². The number of fused-ring (bicyclic) bond motifs is 2. The van der Waals surface area contributed by atoms with Crippen molar-refractivity contribution in [2.75, 3.05) is 0 Å². The van der Waals surface area contributed by atoms with Crippen LogP contribution in [-0.2, 0) is 0 Å². The molecule has 10 aromatic carbocycles. The van der Waals surface area contributed by atoms with Gasteiger partial charge in [0.25, 0.3) is 0 Å². The summed E-state index contributed by atoms with van der Waals surface area (Å²) in [4.78, 5) is 0. The first-order valence-corrected chi connectivity index (χ1v) is 18.4. The lowest BCUT2D eigenvalue weighted by Crippen LogP contribution is -2.00. The van der Waals surface area contributed by atoms with Crippen molar-refractivity contribution in [1.82, 2.24) is 4.57 Å². The summed E-state index contributed by atoms with van der Waals surface area (Å²) in [6.07, 6.45) is 0. The highest BCUT2D eigenvalue weighted by molar-refractivity contribution is 6.29. The van der Waals surface area contributed by atoms with Crippen molar-refractivity contribution in [2.24, 2.45) is 0 Å². The van der Waals surface area contributed by atoms with Gasteiger partial charge in [-0.25, -0.2) is 0 Å². The number of rotatable bonds is 5. The van der Waals surface area contributed by atoms with Gasteiger partial charge < -0.3 is 4.57 Å². The lowest BCUT2D eigenvalue weighted by Gasteiger charge is -2.22. The molecule has 0 aliphatic heterocycles. The average molecular weight is 672 g/mol. The van der Waals surface area contributed by atoms with Gasteiger partial charge in [0.1, 0.15) is 0 Å². The van der Waals surface area contributed by atoms with Crippen LogP contribution < -0.4 is 0 Å². The van der Waals surface area contributed by atoms with Crippen LogP contribution in [0.25, 0.3) is 104 Å². The zero-order valence-corrected chi connectivity index (χ0v) is 29.0. The van der Waals surface area contributed by atoms with Crippen molar-refractivity contribution in [3.8, 4) is 50.5 Å². The molecule has 0 radical (unpaired) electrons. The lowest BCUT2D eigenvalue weighted by atomic mass is 9.83. The molecule has 1 nitrogen and oxygen atoms in total. The fraction of sp³-hybridized carbons (Fsp3) is 0. The highest BCUT2D eigenvalue weighted by atomic mass is 15.0. The molecule has 0 amide bonds. The smallest absolute Gasteiger partial charge is 0.0535 e. The maximum Gasteiger partial charge on any atom is 0.0535 e. The molecule has 0 saturated carbocycles. The standard InChI is InChI=1S/C52H33N/c1-4-13-34(14-5-1)47-31-32-48(35-15-6-2-7-16-35)53(47)40-27-30-45-46(33-40)52(42-22-11-10-21-41(42)50(45)36-17-8-3-9-18-36)44-29-26-39-24-23-37-19-12-20-38-25-28-43(44)51(39)49(37)38/h1-33H. The van der Waals surface area contributed by atoms with Gasteiger partial charge in [-0.3, -0.25) is 0 Å². The van der Waals surface area contributed by atoms with E-state index in [0.717, 1.165) is 17.1 Å². The van der Waals surface area contributed by atoms with E-state index in [1.165, 1.54) is 87.2 Å². The van der Waals surface area contributed by atoms with E-state index in [9.17, 15) is 0 Å². The van der Waals surface area contributed by atoms with E-state index in [1.54, 1.807) is 0 Å². The molecule has 11 aromatic rings. The summed E-state index contributed by atoms with van der Waals surface area (Å²) in [6, 6.07) is 73.6. The summed E-state index contributed by atoms with van der Waals surface area (Å²) < 4.78 is 2.44. The molecule has 1 heterocycles. The molecule has 0 unspecified atom stereocenters. The molecule has 0 aliphatic rings. The van der Waals surface area contributed by atoms with Crippen molar-refractivity contribution < 1.29 is 0 Å². The van der Waals surface area contributed by atoms with Gasteiger partial charge >= 0.3 is 0 Å². The minimum absolute atomic E-state index is 1.13. The second-order valence-electron chi connectivity index (χ2n) is 14.0. The van der Waals surface area contributed by atoms with Crippen LogP contribution in [0.5, 0.6) is 0 Å². The predicted molar refractivity (Wildman–Crippen MR) is 226 cm³/mol. The summed E-state index contributed by atoms with van der Waals surface area (Å²) in [6.45, 7) is 0. The fourth-order valence-electron chi connectivity index (χ4n) is 8.85. The van der Waals surface area contributed by atoms with Gasteiger partial charge in [-0.1, -0.05) is 176 Å². The molecule has 0 N–H and O–H groups in total. The van der Waals surface area contributed by atoms with Crippen LogP contribution in [0.15, 0.2) is 200 Å². The molecular weight excluding hydrogens is 639 g/mol. The zero-order chi connectivity index (χ0) is 34.9. The van der Waals surface area contributed by atoms with Crippen LogP contribution in [0.4, 0.5) is 0 Å². The van der Waals surface area contributed by atoms with E-state index < -0.39 is 0 Å².